The van der Waals surface area contributed by atoms with Crippen LogP contribution in [0, 0.1) is 5.82 Å². The van der Waals surface area contributed by atoms with E-state index in [9.17, 15) is 17.6 Å². The van der Waals surface area contributed by atoms with Crippen LogP contribution in [0.3, 0.4) is 0 Å². The van der Waals surface area contributed by atoms with Gasteiger partial charge in [-0.2, -0.15) is 9.40 Å². The van der Waals surface area contributed by atoms with E-state index in [2.05, 4.69) is 10.1 Å². The Labute approximate surface area is 149 Å². The highest BCUT2D eigenvalue weighted by Gasteiger charge is 2.39. The fourth-order valence-corrected chi connectivity index (χ4v) is 4.84. The highest BCUT2D eigenvalue weighted by Crippen LogP contribution is 2.39. The molecule has 2 heterocycles. The molecule has 1 atom stereocenters. The van der Waals surface area contributed by atoms with Crippen molar-refractivity contribution in [3.8, 4) is 0 Å². The van der Waals surface area contributed by atoms with Crippen molar-refractivity contribution in [2.24, 2.45) is 0 Å². The van der Waals surface area contributed by atoms with Gasteiger partial charge in [-0.15, -0.1) is 0 Å². The van der Waals surface area contributed by atoms with Crippen LogP contribution in [0.15, 0.2) is 23.1 Å². The highest BCUT2D eigenvalue weighted by atomic mass is 32.2. The third kappa shape index (κ3) is 2.69. The highest BCUT2D eigenvalue weighted by molar-refractivity contribution is 7.89. The first-order chi connectivity index (χ1) is 12.3. The first-order valence-corrected chi connectivity index (χ1v) is 9.72. The van der Waals surface area contributed by atoms with Gasteiger partial charge in [-0.25, -0.2) is 27.3 Å². The maximum absolute atomic E-state index is 14.2. The van der Waals surface area contributed by atoms with Gasteiger partial charge in [0, 0.05) is 12.5 Å². The largest absolute Gasteiger partial charge is 0.478 e. The van der Waals surface area contributed by atoms with Crippen molar-refractivity contribution in [2.45, 2.75) is 43.2 Å². The molecule has 0 unspecified atom stereocenters. The maximum Gasteiger partial charge on any atom is 0.335 e. The topological polar surface area (TPSA) is 105 Å². The first kappa shape index (κ1) is 17.1. The quantitative estimate of drug-likeness (QED) is 0.866. The van der Waals surface area contributed by atoms with E-state index < -0.39 is 32.7 Å². The number of nitrogens with zero attached hydrogens (tertiary/aromatic N) is 4. The van der Waals surface area contributed by atoms with Crippen molar-refractivity contribution < 1.29 is 22.7 Å². The second-order valence-corrected chi connectivity index (χ2v) is 8.43. The number of halogens is 1. The minimum atomic E-state index is -4.22. The fourth-order valence-electron chi connectivity index (χ4n) is 3.16. The van der Waals surface area contributed by atoms with Gasteiger partial charge in [0.05, 0.1) is 18.2 Å². The fraction of sp³-hybridized carbons (Fsp3) is 0.438. The van der Waals surface area contributed by atoms with E-state index in [1.807, 2.05) is 0 Å². The maximum atomic E-state index is 14.2. The lowest BCUT2D eigenvalue weighted by Gasteiger charge is -2.32. The van der Waals surface area contributed by atoms with E-state index in [-0.39, 0.29) is 12.1 Å². The van der Waals surface area contributed by atoms with Crippen LogP contribution in [0.4, 0.5) is 4.39 Å². The molecule has 0 amide bonds. The number of benzene rings is 1. The third-order valence-electron chi connectivity index (χ3n) is 4.76. The Morgan fingerprint density at radius 3 is 2.69 bits per heavy atom. The Balaban J connectivity index is 1.72. The van der Waals surface area contributed by atoms with Crippen molar-refractivity contribution in [2.75, 3.05) is 6.54 Å². The van der Waals surface area contributed by atoms with E-state index in [1.165, 1.54) is 0 Å². The molecule has 26 heavy (non-hydrogen) atoms. The molecule has 2 aromatic rings. The molecule has 138 valence electrons. The molecule has 1 aromatic heterocycles. The van der Waals surface area contributed by atoms with Crippen LogP contribution < -0.4 is 0 Å². The number of carboxylic acid groups (broad SMARTS) is 1. The van der Waals surface area contributed by atoms with Crippen LogP contribution in [0.2, 0.25) is 0 Å². The zero-order valence-corrected chi connectivity index (χ0v) is 14.8. The van der Waals surface area contributed by atoms with Crippen LogP contribution in [-0.4, -0.2) is 45.1 Å². The van der Waals surface area contributed by atoms with Crippen LogP contribution >= 0.6 is 0 Å². The summed E-state index contributed by atoms with van der Waals surface area (Å²) in [6, 6.07) is 2.13. The number of carbonyl (C=O) groups is 1. The van der Waals surface area contributed by atoms with Gasteiger partial charge >= 0.3 is 5.97 Å². The molecule has 1 aromatic carbocycles. The number of fused-ring (bicyclic) bond motifs is 1. The summed E-state index contributed by atoms with van der Waals surface area (Å²) < 4.78 is 43.0. The van der Waals surface area contributed by atoms with Gasteiger partial charge in [0.25, 0.3) is 0 Å². The Morgan fingerprint density at radius 1 is 1.31 bits per heavy atom. The van der Waals surface area contributed by atoms with Crippen molar-refractivity contribution in [1.82, 2.24) is 19.1 Å². The summed E-state index contributed by atoms with van der Waals surface area (Å²) in [4.78, 5) is 15.0. The van der Waals surface area contributed by atoms with Gasteiger partial charge in [-0.1, -0.05) is 0 Å². The lowest BCUT2D eigenvalue weighted by Crippen LogP contribution is -2.41. The summed E-state index contributed by atoms with van der Waals surface area (Å²) in [7, 11) is -4.22. The lowest BCUT2D eigenvalue weighted by molar-refractivity contribution is 0.0696. The summed E-state index contributed by atoms with van der Waals surface area (Å²) in [6.07, 6.45) is 2.07. The SMILES string of the molecule is C[C@@H]1c2nc(C3CC3)nn2CCN1S(=O)(=O)c1cc(C(=O)O)ccc1F. The first-order valence-electron chi connectivity index (χ1n) is 8.28. The molecule has 10 heteroatoms. The monoisotopic (exact) mass is 380 g/mol. The van der Waals surface area contributed by atoms with Gasteiger partial charge in [0.15, 0.2) is 5.82 Å². The normalized spacial score (nSPS) is 20.8. The summed E-state index contributed by atoms with van der Waals surface area (Å²) in [5.41, 5.74) is -0.283. The Hall–Kier alpha value is -2.33. The molecule has 1 fully saturated rings. The zero-order valence-electron chi connectivity index (χ0n) is 14.0. The molecule has 4 rings (SSSR count). The van der Waals surface area contributed by atoms with Gasteiger partial charge in [0.2, 0.25) is 10.0 Å². The van der Waals surface area contributed by atoms with Crippen molar-refractivity contribution in [1.29, 1.82) is 0 Å². The molecule has 0 bridgehead atoms. The molecule has 1 saturated carbocycles. The summed E-state index contributed by atoms with van der Waals surface area (Å²) in [6.45, 7) is 2.10. The predicted molar refractivity (Wildman–Crippen MR) is 87.7 cm³/mol. The van der Waals surface area contributed by atoms with Gasteiger partial charge in [-0.05, 0) is 38.0 Å². The summed E-state index contributed by atoms with van der Waals surface area (Å²) >= 11 is 0. The van der Waals surface area contributed by atoms with Gasteiger partial charge < -0.3 is 5.11 Å². The molecule has 0 spiro atoms. The Morgan fingerprint density at radius 2 is 2.04 bits per heavy atom. The molecule has 1 aliphatic heterocycles. The lowest BCUT2D eigenvalue weighted by atomic mass is 10.2. The van der Waals surface area contributed by atoms with Crippen molar-refractivity contribution in [3.63, 3.8) is 0 Å². The summed E-state index contributed by atoms with van der Waals surface area (Å²) in [5, 5.41) is 13.5. The molecular weight excluding hydrogens is 363 g/mol. The molecular formula is C16H17FN4O4S. The Bertz CT molecular complexity index is 1000. The number of sulfonamides is 1. The second-order valence-electron chi connectivity index (χ2n) is 6.57. The molecule has 0 radical (unpaired) electrons. The second kappa shape index (κ2) is 5.85. The number of aromatic nitrogens is 3. The van der Waals surface area contributed by atoms with E-state index in [1.54, 1.807) is 11.6 Å². The number of carboxylic acids is 1. The van der Waals surface area contributed by atoms with Crippen molar-refractivity contribution >= 4 is 16.0 Å². The zero-order chi connectivity index (χ0) is 18.6. The standard InChI is InChI=1S/C16H17FN4O4S/c1-9-15-18-14(10-2-3-10)19-20(15)6-7-21(9)26(24,25)13-8-11(16(22)23)4-5-12(13)17/h4-5,8-10H,2-3,6-7H2,1H3,(H,22,23)/t9-/m1/s1. The van der Waals surface area contributed by atoms with E-state index in [4.69, 9.17) is 5.11 Å². The van der Waals surface area contributed by atoms with E-state index in [0.717, 1.165) is 41.2 Å². The van der Waals surface area contributed by atoms with Gasteiger partial charge in [0.1, 0.15) is 16.5 Å². The third-order valence-corrected chi connectivity index (χ3v) is 6.75. The average Bonchev–Trinajstić information content (AvgIpc) is 3.34. The predicted octanol–water partition coefficient (Wildman–Crippen LogP) is 1.76. The number of rotatable bonds is 4. The van der Waals surface area contributed by atoms with E-state index >= 15 is 0 Å². The smallest absolute Gasteiger partial charge is 0.335 e. The van der Waals surface area contributed by atoms with Gasteiger partial charge in [-0.3, -0.25) is 0 Å². The van der Waals surface area contributed by atoms with Crippen molar-refractivity contribution in [3.05, 3.63) is 41.2 Å². The number of hydrogen-bond donors (Lipinski definition) is 1. The van der Waals surface area contributed by atoms with Crippen LogP contribution in [0.5, 0.6) is 0 Å². The minimum Gasteiger partial charge on any atom is -0.478 e. The van der Waals surface area contributed by atoms with Crippen LogP contribution in [-0.2, 0) is 16.6 Å². The molecule has 0 saturated heterocycles. The van der Waals surface area contributed by atoms with Crippen LogP contribution in [0.1, 0.15) is 53.7 Å². The Kier molecular flexibility index (Phi) is 3.85. The molecule has 1 N–H and O–H groups in total. The number of aromatic carboxylic acids is 1. The minimum absolute atomic E-state index is 0.112. The summed E-state index contributed by atoms with van der Waals surface area (Å²) in [5.74, 6) is -0.702. The molecule has 1 aliphatic carbocycles. The van der Waals surface area contributed by atoms with Crippen LogP contribution in [0.25, 0.3) is 0 Å². The number of hydrogen-bond acceptors (Lipinski definition) is 5. The van der Waals surface area contributed by atoms with E-state index in [0.29, 0.717) is 18.3 Å². The molecule has 8 nitrogen and oxygen atoms in total. The molecule has 2 aliphatic rings. The average molecular weight is 380 g/mol.